The number of aromatic nitrogens is 1. The second-order valence-corrected chi connectivity index (χ2v) is 7.98. The van der Waals surface area contributed by atoms with Gasteiger partial charge in [-0.15, -0.1) is 0 Å². The fourth-order valence-corrected chi connectivity index (χ4v) is 2.91. The number of carbonyl (C=O) groups excluding carboxylic acids is 2. The summed E-state index contributed by atoms with van der Waals surface area (Å²) in [6, 6.07) is 1.54. The maximum Gasteiger partial charge on any atom is 0.410 e. The van der Waals surface area contributed by atoms with Gasteiger partial charge >= 0.3 is 6.09 Å². The topological polar surface area (TPSA) is 62.7 Å². The molecule has 0 bridgehead atoms. The second kappa shape index (κ2) is 7.27. The van der Waals surface area contributed by atoms with Gasteiger partial charge in [0.2, 0.25) is 0 Å². The van der Waals surface area contributed by atoms with Crippen molar-refractivity contribution in [1.82, 2.24) is 14.8 Å². The molecule has 0 saturated carbocycles. The zero-order valence-corrected chi connectivity index (χ0v) is 16.5. The Balaban J connectivity index is 2.04. The van der Waals surface area contributed by atoms with Gasteiger partial charge in [0, 0.05) is 31.9 Å². The monoisotopic (exact) mass is 417 g/mol. The van der Waals surface area contributed by atoms with Crippen LogP contribution in [-0.4, -0.2) is 58.1 Å². The van der Waals surface area contributed by atoms with Crippen molar-refractivity contribution < 1.29 is 14.3 Å². The van der Waals surface area contributed by atoms with Gasteiger partial charge in [-0.2, -0.15) is 0 Å². The van der Waals surface area contributed by atoms with Crippen LogP contribution >= 0.6 is 27.5 Å². The number of hydrogen-bond acceptors (Lipinski definition) is 4. The largest absolute Gasteiger partial charge is 0.444 e. The molecule has 0 aromatic carbocycles. The van der Waals surface area contributed by atoms with Crippen LogP contribution in [0.2, 0.25) is 5.15 Å². The minimum Gasteiger partial charge on any atom is -0.444 e. The minimum atomic E-state index is -0.533. The van der Waals surface area contributed by atoms with Gasteiger partial charge in [-0.05, 0) is 49.7 Å². The number of nitrogens with zero attached hydrogens (tertiary/aromatic N) is 3. The highest BCUT2D eigenvalue weighted by atomic mass is 79.9. The predicted octanol–water partition coefficient (Wildman–Crippen LogP) is 3.58. The van der Waals surface area contributed by atoms with Crippen molar-refractivity contribution in [2.45, 2.75) is 39.3 Å². The van der Waals surface area contributed by atoms with Gasteiger partial charge in [0.25, 0.3) is 5.91 Å². The summed E-state index contributed by atoms with van der Waals surface area (Å²) in [6.45, 7) is 8.72. The lowest BCUT2D eigenvalue weighted by atomic mass is 10.1. The first-order chi connectivity index (χ1) is 11.1. The molecule has 24 heavy (non-hydrogen) atoms. The number of carbonyl (C=O) groups is 2. The molecular weight excluding hydrogens is 398 g/mol. The van der Waals surface area contributed by atoms with E-state index in [4.69, 9.17) is 16.3 Å². The first-order valence-corrected chi connectivity index (χ1v) is 8.85. The molecule has 132 valence electrons. The lowest BCUT2D eigenvalue weighted by molar-refractivity contribution is 0.00616. The average Bonchev–Trinajstić information content (AvgIpc) is 2.47. The predicted molar refractivity (Wildman–Crippen MR) is 95.3 cm³/mol. The molecule has 1 aromatic heterocycles. The molecule has 0 spiro atoms. The molecule has 2 rings (SSSR count). The quantitative estimate of drug-likeness (QED) is 0.654. The molecule has 1 saturated heterocycles. The molecule has 1 aliphatic heterocycles. The van der Waals surface area contributed by atoms with Crippen LogP contribution in [0, 0.1) is 0 Å². The van der Waals surface area contributed by atoms with Gasteiger partial charge < -0.3 is 14.5 Å². The van der Waals surface area contributed by atoms with Crippen LogP contribution in [0.3, 0.4) is 0 Å². The van der Waals surface area contributed by atoms with Crippen LogP contribution in [0.25, 0.3) is 0 Å². The van der Waals surface area contributed by atoms with Crippen LogP contribution in [0.5, 0.6) is 0 Å². The maximum atomic E-state index is 12.7. The Kier molecular flexibility index (Phi) is 5.75. The summed E-state index contributed by atoms with van der Waals surface area (Å²) < 4.78 is 5.97. The Bertz CT molecular complexity index is 648. The Morgan fingerprint density at radius 3 is 2.58 bits per heavy atom. The van der Waals surface area contributed by atoms with E-state index in [0.717, 1.165) is 0 Å². The van der Waals surface area contributed by atoms with Gasteiger partial charge in [-0.3, -0.25) is 4.79 Å². The van der Waals surface area contributed by atoms with Crippen LogP contribution in [0.1, 0.15) is 38.1 Å². The van der Waals surface area contributed by atoms with E-state index in [-0.39, 0.29) is 18.0 Å². The smallest absolute Gasteiger partial charge is 0.410 e. The third kappa shape index (κ3) is 4.60. The molecule has 0 radical (unpaired) electrons. The molecular formula is C16H21BrClN3O3. The molecule has 6 nitrogen and oxygen atoms in total. The van der Waals surface area contributed by atoms with E-state index in [1.165, 1.54) is 6.20 Å². The fraction of sp³-hybridized carbons (Fsp3) is 0.562. The molecule has 0 aliphatic carbocycles. The number of halogens is 2. The van der Waals surface area contributed by atoms with Crippen molar-refractivity contribution in [3.63, 3.8) is 0 Å². The molecule has 1 aromatic rings. The number of piperazine rings is 1. The van der Waals surface area contributed by atoms with Crippen molar-refractivity contribution in [1.29, 1.82) is 0 Å². The van der Waals surface area contributed by atoms with Gasteiger partial charge in [0.15, 0.2) is 0 Å². The van der Waals surface area contributed by atoms with Crippen molar-refractivity contribution in [3.05, 3.63) is 27.5 Å². The number of pyridine rings is 1. The summed E-state index contributed by atoms with van der Waals surface area (Å²) in [5.41, 5.74) is -0.0713. The van der Waals surface area contributed by atoms with Crippen molar-refractivity contribution in [2.75, 3.05) is 19.6 Å². The number of hydrogen-bond donors (Lipinski definition) is 0. The van der Waals surface area contributed by atoms with Crippen molar-refractivity contribution >= 4 is 39.5 Å². The van der Waals surface area contributed by atoms with E-state index in [2.05, 4.69) is 20.9 Å². The minimum absolute atomic E-state index is 0.117. The van der Waals surface area contributed by atoms with E-state index >= 15 is 0 Å². The summed E-state index contributed by atoms with van der Waals surface area (Å²) >= 11 is 9.14. The van der Waals surface area contributed by atoms with Crippen LogP contribution in [-0.2, 0) is 4.74 Å². The molecule has 2 amide bonds. The van der Waals surface area contributed by atoms with Crippen LogP contribution in [0.4, 0.5) is 4.79 Å². The van der Waals surface area contributed by atoms with Gasteiger partial charge in [0.1, 0.15) is 10.8 Å². The van der Waals surface area contributed by atoms with Gasteiger partial charge in [-0.1, -0.05) is 11.6 Å². The van der Waals surface area contributed by atoms with E-state index in [1.807, 2.05) is 27.7 Å². The lowest BCUT2D eigenvalue weighted by Gasteiger charge is -2.40. The lowest BCUT2D eigenvalue weighted by Crippen LogP contribution is -2.56. The maximum absolute atomic E-state index is 12.7. The summed E-state index contributed by atoms with van der Waals surface area (Å²) in [5, 5.41) is 0.314. The van der Waals surface area contributed by atoms with Crippen LogP contribution in [0.15, 0.2) is 16.7 Å². The molecule has 1 fully saturated rings. The number of rotatable bonds is 1. The van der Waals surface area contributed by atoms with Crippen molar-refractivity contribution in [2.24, 2.45) is 0 Å². The Labute approximate surface area is 155 Å². The van der Waals surface area contributed by atoms with E-state index in [1.54, 1.807) is 15.9 Å². The van der Waals surface area contributed by atoms with E-state index in [9.17, 15) is 9.59 Å². The van der Waals surface area contributed by atoms with E-state index in [0.29, 0.717) is 34.8 Å². The summed E-state index contributed by atoms with van der Waals surface area (Å²) in [4.78, 5) is 32.2. The highest BCUT2D eigenvalue weighted by Crippen LogP contribution is 2.23. The average molecular weight is 419 g/mol. The van der Waals surface area contributed by atoms with Crippen molar-refractivity contribution in [3.8, 4) is 0 Å². The number of amides is 2. The summed E-state index contributed by atoms with van der Waals surface area (Å²) in [5.74, 6) is -0.129. The third-order valence-electron chi connectivity index (χ3n) is 3.58. The standard InChI is InChI=1S/C16H21BrClN3O3/c1-10-9-20(15(23)24-16(2,3)4)5-6-21(10)14(22)11-7-12(17)13(18)19-8-11/h7-8,10H,5-6,9H2,1-4H3/t10-/m0/s1. The molecule has 1 atom stereocenters. The number of ether oxygens (including phenoxy) is 1. The Hall–Kier alpha value is -1.34. The summed E-state index contributed by atoms with van der Waals surface area (Å²) in [6.07, 6.45) is 1.11. The Morgan fingerprint density at radius 1 is 1.38 bits per heavy atom. The SMILES string of the molecule is C[C@H]1CN(C(=O)OC(C)(C)C)CCN1C(=O)c1cnc(Cl)c(Br)c1. The van der Waals surface area contributed by atoms with E-state index < -0.39 is 5.60 Å². The second-order valence-electron chi connectivity index (χ2n) is 6.77. The molecule has 0 N–H and O–H groups in total. The van der Waals surface area contributed by atoms with Gasteiger partial charge in [-0.25, -0.2) is 9.78 Å². The van der Waals surface area contributed by atoms with Crippen LogP contribution < -0.4 is 0 Å². The normalized spacial score (nSPS) is 18.5. The molecule has 2 heterocycles. The first-order valence-electron chi connectivity index (χ1n) is 7.68. The fourth-order valence-electron chi connectivity index (χ4n) is 2.46. The zero-order valence-electron chi connectivity index (χ0n) is 14.2. The molecule has 8 heteroatoms. The highest BCUT2D eigenvalue weighted by molar-refractivity contribution is 9.10. The Morgan fingerprint density at radius 2 is 2.04 bits per heavy atom. The molecule has 1 aliphatic rings. The summed E-state index contributed by atoms with van der Waals surface area (Å²) in [7, 11) is 0. The third-order valence-corrected chi connectivity index (χ3v) is 4.72. The zero-order chi connectivity index (χ0) is 18.1. The highest BCUT2D eigenvalue weighted by Gasteiger charge is 2.32. The van der Waals surface area contributed by atoms with Gasteiger partial charge in [0.05, 0.1) is 10.0 Å². The first kappa shape index (κ1) is 19.0. The molecule has 0 unspecified atom stereocenters.